The second-order valence-electron chi connectivity index (χ2n) is 5.24. The van der Waals surface area contributed by atoms with Crippen LogP contribution in [0, 0.1) is 0 Å². The molecule has 2 aliphatic heterocycles. The van der Waals surface area contributed by atoms with Crippen molar-refractivity contribution in [3.05, 3.63) is 35.4 Å². The highest BCUT2D eigenvalue weighted by Gasteiger charge is 2.37. The maximum atomic E-state index is 5.64. The first-order chi connectivity index (χ1) is 7.62. The van der Waals surface area contributed by atoms with Crippen molar-refractivity contribution in [2.24, 2.45) is 0 Å². The largest absolute Gasteiger partial charge is 0.370 e. The van der Waals surface area contributed by atoms with Crippen LogP contribution in [-0.2, 0) is 20.7 Å². The zero-order chi connectivity index (χ0) is 11.2. The summed E-state index contributed by atoms with van der Waals surface area (Å²) in [5.41, 5.74) is 2.48. The maximum absolute atomic E-state index is 5.64. The van der Waals surface area contributed by atoms with Crippen LogP contribution < -0.4 is 0 Å². The fourth-order valence-corrected chi connectivity index (χ4v) is 2.45. The van der Waals surface area contributed by atoms with E-state index in [-0.39, 0.29) is 11.2 Å². The van der Waals surface area contributed by atoms with E-state index in [9.17, 15) is 0 Å². The quantitative estimate of drug-likeness (QED) is 0.759. The van der Waals surface area contributed by atoms with Crippen LogP contribution in [0.2, 0.25) is 0 Å². The number of rotatable bonds is 2. The Labute approximate surface area is 96.6 Å². The molecule has 3 rings (SSSR count). The first kappa shape index (κ1) is 10.3. The van der Waals surface area contributed by atoms with E-state index >= 15 is 0 Å². The third-order valence-electron chi connectivity index (χ3n) is 4.11. The lowest BCUT2D eigenvalue weighted by atomic mass is 9.84. The van der Waals surface area contributed by atoms with Gasteiger partial charge in [-0.25, -0.2) is 0 Å². The third-order valence-corrected chi connectivity index (χ3v) is 4.11. The summed E-state index contributed by atoms with van der Waals surface area (Å²) in [6, 6.07) is 8.73. The Morgan fingerprint density at radius 1 is 0.812 bits per heavy atom. The predicted molar refractivity (Wildman–Crippen MR) is 62.3 cm³/mol. The summed E-state index contributed by atoms with van der Waals surface area (Å²) in [7, 11) is 0. The minimum atomic E-state index is -0.0418. The molecule has 2 atom stereocenters. The van der Waals surface area contributed by atoms with Gasteiger partial charge in [-0.05, 0) is 25.0 Å². The van der Waals surface area contributed by atoms with Crippen LogP contribution in [0.3, 0.4) is 0 Å². The predicted octanol–water partition coefficient (Wildman–Crippen LogP) is 2.96. The Bertz CT molecular complexity index is 347. The van der Waals surface area contributed by atoms with Gasteiger partial charge in [-0.2, -0.15) is 0 Å². The first-order valence-corrected chi connectivity index (χ1v) is 6.01. The zero-order valence-electron chi connectivity index (χ0n) is 9.95. The van der Waals surface area contributed by atoms with Gasteiger partial charge in [0.1, 0.15) is 0 Å². The molecule has 2 nitrogen and oxygen atoms in total. The van der Waals surface area contributed by atoms with Crippen molar-refractivity contribution in [3.63, 3.8) is 0 Å². The van der Waals surface area contributed by atoms with Gasteiger partial charge in [-0.1, -0.05) is 24.3 Å². The second kappa shape index (κ2) is 3.31. The van der Waals surface area contributed by atoms with Crippen LogP contribution in [0.5, 0.6) is 0 Å². The lowest BCUT2D eigenvalue weighted by molar-refractivity contribution is -0.143. The van der Waals surface area contributed by atoms with Crippen LogP contribution in [0.4, 0.5) is 0 Å². The molecule has 0 saturated carbocycles. The van der Waals surface area contributed by atoms with Crippen LogP contribution >= 0.6 is 0 Å². The summed E-state index contributed by atoms with van der Waals surface area (Å²) >= 11 is 0. The molecule has 1 aromatic carbocycles. The van der Waals surface area contributed by atoms with Gasteiger partial charge >= 0.3 is 0 Å². The molecule has 0 spiro atoms. The minimum Gasteiger partial charge on any atom is -0.370 e. The molecule has 2 aliphatic rings. The van der Waals surface area contributed by atoms with E-state index in [0.29, 0.717) is 0 Å². The highest BCUT2D eigenvalue weighted by molar-refractivity contribution is 5.31. The first-order valence-electron chi connectivity index (χ1n) is 6.01. The lowest BCUT2D eigenvalue weighted by Gasteiger charge is -2.41. The SMILES string of the molecule is CC1(c2ccc(C3(C)CCO3)cc2)CCO1. The monoisotopic (exact) mass is 218 g/mol. The maximum Gasteiger partial charge on any atom is 0.0925 e. The molecule has 0 N–H and O–H groups in total. The Balaban J connectivity index is 1.85. The summed E-state index contributed by atoms with van der Waals surface area (Å²) in [6.45, 7) is 6.10. The molecule has 0 aliphatic carbocycles. The van der Waals surface area contributed by atoms with Gasteiger partial charge in [0.05, 0.1) is 24.4 Å². The molecule has 16 heavy (non-hydrogen) atoms. The van der Waals surface area contributed by atoms with E-state index in [1.54, 1.807) is 0 Å². The molecule has 0 radical (unpaired) electrons. The molecule has 1 aromatic rings. The summed E-state index contributed by atoms with van der Waals surface area (Å²) in [6.07, 6.45) is 2.25. The Hall–Kier alpha value is -0.860. The summed E-state index contributed by atoms with van der Waals surface area (Å²) in [4.78, 5) is 0. The smallest absolute Gasteiger partial charge is 0.0925 e. The molecule has 2 fully saturated rings. The van der Waals surface area contributed by atoms with E-state index in [1.807, 2.05) is 0 Å². The van der Waals surface area contributed by atoms with E-state index in [0.717, 1.165) is 26.1 Å². The van der Waals surface area contributed by atoms with Gasteiger partial charge in [0, 0.05) is 12.8 Å². The van der Waals surface area contributed by atoms with Gasteiger partial charge in [0.15, 0.2) is 0 Å². The fraction of sp³-hybridized carbons (Fsp3) is 0.571. The summed E-state index contributed by atoms with van der Waals surface area (Å²) < 4.78 is 11.3. The Kier molecular flexibility index (Phi) is 2.13. The van der Waals surface area contributed by atoms with Crippen LogP contribution in [0.25, 0.3) is 0 Å². The van der Waals surface area contributed by atoms with Gasteiger partial charge < -0.3 is 9.47 Å². The van der Waals surface area contributed by atoms with Crippen molar-refractivity contribution < 1.29 is 9.47 Å². The summed E-state index contributed by atoms with van der Waals surface area (Å²) in [5.74, 6) is 0. The average molecular weight is 218 g/mol. The van der Waals surface area contributed by atoms with Gasteiger partial charge in [0.25, 0.3) is 0 Å². The normalized spacial score (nSPS) is 37.6. The number of hydrogen-bond donors (Lipinski definition) is 0. The second-order valence-corrected chi connectivity index (χ2v) is 5.24. The number of ether oxygens (including phenoxy) is 2. The Morgan fingerprint density at radius 2 is 1.12 bits per heavy atom. The van der Waals surface area contributed by atoms with Crippen molar-refractivity contribution in [1.82, 2.24) is 0 Å². The van der Waals surface area contributed by atoms with Crippen LogP contribution in [0.1, 0.15) is 37.8 Å². The van der Waals surface area contributed by atoms with Crippen molar-refractivity contribution in [3.8, 4) is 0 Å². The Morgan fingerprint density at radius 3 is 1.31 bits per heavy atom. The third kappa shape index (κ3) is 1.40. The van der Waals surface area contributed by atoms with Crippen molar-refractivity contribution in [2.45, 2.75) is 37.9 Å². The van der Waals surface area contributed by atoms with Gasteiger partial charge in [-0.15, -0.1) is 0 Å². The highest BCUT2D eigenvalue weighted by atomic mass is 16.5. The molecule has 86 valence electrons. The molecule has 2 heteroatoms. The van der Waals surface area contributed by atoms with Crippen LogP contribution in [0.15, 0.2) is 24.3 Å². The van der Waals surface area contributed by atoms with Gasteiger partial charge in [-0.3, -0.25) is 0 Å². The van der Waals surface area contributed by atoms with E-state index in [2.05, 4.69) is 38.1 Å². The topological polar surface area (TPSA) is 18.5 Å². The average Bonchev–Trinajstić information content (AvgIpc) is 2.23. The zero-order valence-corrected chi connectivity index (χ0v) is 9.95. The van der Waals surface area contributed by atoms with E-state index in [4.69, 9.17) is 9.47 Å². The van der Waals surface area contributed by atoms with Crippen molar-refractivity contribution in [1.29, 1.82) is 0 Å². The van der Waals surface area contributed by atoms with Gasteiger partial charge in [0.2, 0.25) is 0 Å². The molecule has 2 unspecified atom stereocenters. The minimum absolute atomic E-state index is 0.0418. The van der Waals surface area contributed by atoms with E-state index in [1.165, 1.54) is 11.1 Å². The molecule has 0 bridgehead atoms. The number of benzene rings is 1. The summed E-state index contributed by atoms with van der Waals surface area (Å²) in [5, 5.41) is 0. The fourth-order valence-electron chi connectivity index (χ4n) is 2.45. The molecular weight excluding hydrogens is 200 g/mol. The molecule has 2 heterocycles. The molecule has 0 aromatic heterocycles. The van der Waals surface area contributed by atoms with Crippen LogP contribution in [-0.4, -0.2) is 13.2 Å². The molecule has 2 saturated heterocycles. The van der Waals surface area contributed by atoms with Crippen molar-refractivity contribution >= 4 is 0 Å². The molecular formula is C14H18O2. The van der Waals surface area contributed by atoms with Crippen molar-refractivity contribution in [2.75, 3.05) is 13.2 Å². The standard InChI is InChI=1S/C14H18O2/c1-13(7-9-15-13)11-3-5-12(6-4-11)14(2)8-10-16-14/h3-6H,7-10H2,1-2H3. The lowest BCUT2D eigenvalue weighted by Crippen LogP contribution is -2.39. The number of hydrogen-bond acceptors (Lipinski definition) is 2. The molecule has 0 amide bonds. The highest BCUT2D eigenvalue weighted by Crippen LogP contribution is 2.40. The van der Waals surface area contributed by atoms with E-state index < -0.39 is 0 Å².